The van der Waals surface area contributed by atoms with E-state index in [4.69, 9.17) is 0 Å². The Hall–Kier alpha value is -1.70. The minimum atomic E-state index is -0.169. The minimum Gasteiger partial charge on any atom is -0.344 e. The zero-order valence-electron chi connectivity index (χ0n) is 14.0. The monoisotopic (exact) mass is 337 g/mol. The van der Waals surface area contributed by atoms with Crippen LogP contribution in [-0.4, -0.2) is 56.8 Å². The summed E-state index contributed by atoms with van der Waals surface area (Å²) in [5, 5.41) is 3.38. The first-order chi connectivity index (χ1) is 10.8. The standard InChI is InChI=1S/C15H23N5O2S/c1-15(2,3)12-16-13(23-18-12)17-14(22)20-9-5-6-10(20)8-19(4)11(21)7-9/h9-10H,5-8H2,1-4H3,(H,16,17,18,22)/t9-,10+/m1/s1. The van der Waals surface area contributed by atoms with E-state index in [1.807, 2.05) is 25.7 Å². The number of likely N-dealkylation sites (N-methyl/N-ethyl adjacent to an activating group) is 1. The number of urea groups is 1. The van der Waals surface area contributed by atoms with Crippen molar-refractivity contribution in [1.82, 2.24) is 19.2 Å². The highest BCUT2D eigenvalue weighted by atomic mass is 32.1. The van der Waals surface area contributed by atoms with Crippen molar-refractivity contribution >= 4 is 28.6 Å². The predicted molar refractivity (Wildman–Crippen MR) is 88.5 cm³/mol. The summed E-state index contributed by atoms with van der Waals surface area (Å²) in [7, 11) is 1.81. The van der Waals surface area contributed by atoms with Crippen molar-refractivity contribution in [2.24, 2.45) is 0 Å². The third-order valence-corrected chi connectivity index (χ3v) is 5.12. The lowest BCUT2D eigenvalue weighted by atomic mass is 9.96. The molecule has 2 fully saturated rings. The maximum absolute atomic E-state index is 12.7. The van der Waals surface area contributed by atoms with Crippen molar-refractivity contribution in [3.05, 3.63) is 5.82 Å². The van der Waals surface area contributed by atoms with E-state index in [0.29, 0.717) is 18.1 Å². The van der Waals surface area contributed by atoms with Gasteiger partial charge in [0.1, 0.15) is 5.82 Å². The lowest BCUT2D eigenvalue weighted by Crippen LogP contribution is -2.45. The van der Waals surface area contributed by atoms with Crippen LogP contribution in [0, 0.1) is 0 Å². The number of likely N-dealkylation sites (tertiary alicyclic amines) is 1. The highest BCUT2D eigenvalue weighted by molar-refractivity contribution is 7.09. The Balaban J connectivity index is 1.73. The normalized spacial score (nSPS) is 24.8. The summed E-state index contributed by atoms with van der Waals surface area (Å²) >= 11 is 1.20. The van der Waals surface area contributed by atoms with E-state index in [2.05, 4.69) is 14.7 Å². The van der Waals surface area contributed by atoms with Crippen molar-refractivity contribution in [1.29, 1.82) is 0 Å². The summed E-state index contributed by atoms with van der Waals surface area (Å²) < 4.78 is 4.32. The van der Waals surface area contributed by atoms with Crippen LogP contribution < -0.4 is 5.32 Å². The number of carbonyl (C=O) groups is 2. The molecule has 1 aromatic rings. The van der Waals surface area contributed by atoms with Gasteiger partial charge in [-0.05, 0) is 12.8 Å². The molecule has 0 saturated carbocycles. The first kappa shape index (κ1) is 16.2. The number of hydrogen-bond donors (Lipinski definition) is 1. The molecule has 0 aromatic carbocycles. The van der Waals surface area contributed by atoms with Crippen molar-refractivity contribution < 1.29 is 9.59 Å². The van der Waals surface area contributed by atoms with Crippen LogP contribution in [0.25, 0.3) is 0 Å². The van der Waals surface area contributed by atoms with Gasteiger partial charge in [0.25, 0.3) is 0 Å². The molecule has 0 aliphatic carbocycles. The van der Waals surface area contributed by atoms with Gasteiger partial charge >= 0.3 is 6.03 Å². The molecule has 23 heavy (non-hydrogen) atoms. The molecule has 0 unspecified atom stereocenters. The highest BCUT2D eigenvalue weighted by Gasteiger charge is 2.42. The second-order valence-corrected chi connectivity index (χ2v) is 8.13. The average Bonchev–Trinajstić information content (AvgIpc) is 3.02. The molecular formula is C15H23N5O2S. The molecule has 2 bridgehead atoms. The van der Waals surface area contributed by atoms with Crippen LogP contribution in [0.1, 0.15) is 45.9 Å². The molecule has 2 atom stereocenters. The Morgan fingerprint density at radius 2 is 2.00 bits per heavy atom. The number of nitrogens with zero attached hydrogens (tertiary/aromatic N) is 4. The van der Waals surface area contributed by atoms with Crippen molar-refractivity contribution in [2.45, 2.75) is 57.5 Å². The van der Waals surface area contributed by atoms with Crippen LogP contribution in [0.5, 0.6) is 0 Å². The van der Waals surface area contributed by atoms with Crippen LogP contribution in [0.2, 0.25) is 0 Å². The largest absolute Gasteiger partial charge is 0.344 e. The molecule has 0 spiro atoms. The van der Waals surface area contributed by atoms with Gasteiger partial charge in [-0.15, -0.1) is 0 Å². The number of anilines is 1. The van der Waals surface area contributed by atoms with Gasteiger partial charge in [0.05, 0.1) is 6.04 Å². The smallest absolute Gasteiger partial charge is 0.324 e. The predicted octanol–water partition coefficient (Wildman–Crippen LogP) is 2.06. The fourth-order valence-electron chi connectivity index (χ4n) is 3.18. The number of amides is 3. The average molecular weight is 337 g/mol. The SMILES string of the molecule is CN1C[C@@H]2CC[C@H](CC1=O)N2C(=O)Nc1nc(C(C)(C)C)ns1. The zero-order chi connectivity index (χ0) is 16.8. The number of aromatic nitrogens is 2. The van der Waals surface area contributed by atoms with Crippen LogP contribution in [-0.2, 0) is 10.2 Å². The molecule has 3 heterocycles. The molecule has 1 N–H and O–H groups in total. The number of rotatable bonds is 1. The summed E-state index contributed by atoms with van der Waals surface area (Å²) in [4.78, 5) is 32.6. The summed E-state index contributed by atoms with van der Waals surface area (Å²) in [6.45, 7) is 6.72. The van der Waals surface area contributed by atoms with Crippen LogP contribution in [0.3, 0.4) is 0 Å². The fourth-order valence-corrected chi connectivity index (χ4v) is 3.93. The van der Waals surface area contributed by atoms with Gasteiger partial charge in [-0.25, -0.2) is 9.78 Å². The maximum atomic E-state index is 12.7. The Kier molecular flexibility index (Phi) is 4.03. The highest BCUT2D eigenvalue weighted by Crippen LogP contribution is 2.31. The molecule has 2 aliphatic rings. The second kappa shape index (κ2) is 5.74. The van der Waals surface area contributed by atoms with Gasteiger partial charge in [-0.2, -0.15) is 4.37 Å². The second-order valence-electron chi connectivity index (χ2n) is 7.37. The first-order valence-corrected chi connectivity index (χ1v) is 8.70. The molecule has 2 saturated heterocycles. The quantitative estimate of drug-likeness (QED) is 0.851. The molecular weight excluding hydrogens is 314 g/mol. The van der Waals surface area contributed by atoms with Gasteiger partial charge in [-0.1, -0.05) is 20.8 Å². The molecule has 2 aliphatic heterocycles. The molecule has 3 amide bonds. The Labute approximate surface area is 140 Å². The van der Waals surface area contributed by atoms with E-state index >= 15 is 0 Å². The molecule has 7 nitrogen and oxygen atoms in total. The van der Waals surface area contributed by atoms with Gasteiger partial charge < -0.3 is 9.80 Å². The Morgan fingerprint density at radius 3 is 2.65 bits per heavy atom. The summed E-state index contributed by atoms with van der Waals surface area (Å²) in [5.41, 5.74) is -0.143. The number of carbonyl (C=O) groups excluding carboxylic acids is 2. The maximum Gasteiger partial charge on any atom is 0.324 e. The number of hydrogen-bond acceptors (Lipinski definition) is 5. The van der Waals surface area contributed by atoms with Crippen molar-refractivity contribution in [2.75, 3.05) is 18.9 Å². The Morgan fingerprint density at radius 1 is 1.30 bits per heavy atom. The molecule has 1 aromatic heterocycles. The minimum absolute atomic E-state index is 0.00698. The molecule has 3 rings (SSSR count). The summed E-state index contributed by atoms with van der Waals surface area (Å²) in [6.07, 6.45) is 2.24. The van der Waals surface area contributed by atoms with Crippen LogP contribution >= 0.6 is 11.5 Å². The molecule has 126 valence electrons. The lowest BCUT2D eigenvalue weighted by molar-refractivity contribution is -0.130. The lowest BCUT2D eigenvalue weighted by Gasteiger charge is -2.27. The van der Waals surface area contributed by atoms with Crippen molar-refractivity contribution in [3.8, 4) is 0 Å². The van der Waals surface area contributed by atoms with Gasteiger partial charge in [0.15, 0.2) is 0 Å². The van der Waals surface area contributed by atoms with E-state index in [-0.39, 0.29) is 29.4 Å². The molecule has 8 heteroatoms. The topological polar surface area (TPSA) is 78.4 Å². The van der Waals surface area contributed by atoms with Gasteiger partial charge in [0.2, 0.25) is 11.0 Å². The Bertz CT molecular complexity index is 624. The zero-order valence-corrected chi connectivity index (χ0v) is 14.8. The summed E-state index contributed by atoms with van der Waals surface area (Å²) in [5.74, 6) is 0.840. The van der Waals surface area contributed by atoms with E-state index in [1.54, 1.807) is 11.9 Å². The number of nitrogens with one attached hydrogen (secondary N) is 1. The van der Waals surface area contributed by atoms with E-state index < -0.39 is 0 Å². The van der Waals surface area contributed by atoms with Gasteiger partial charge in [-0.3, -0.25) is 10.1 Å². The third-order valence-electron chi connectivity index (χ3n) is 4.49. The van der Waals surface area contributed by atoms with E-state index in [0.717, 1.165) is 18.7 Å². The van der Waals surface area contributed by atoms with Crippen LogP contribution in [0.4, 0.5) is 9.93 Å². The first-order valence-electron chi connectivity index (χ1n) is 7.93. The van der Waals surface area contributed by atoms with Gasteiger partial charge in [0, 0.05) is 43.0 Å². The third kappa shape index (κ3) is 3.17. The molecule has 0 radical (unpaired) electrons. The van der Waals surface area contributed by atoms with Crippen LogP contribution in [0.15, 0.2) is 0 Å². The van der Waals surface area contributed by atoms with E-state index in [9.17, 15) is 9.59 Å². The van der Waals surface area contributed by atoms with Crippen molar-refractivity contribution in [3.63, 3.8) is 0 Å². The van der Waals surface area contributed by atoms with E-state index in [1.165, 1.54) is 11.5 Å². The fraction of sp³-hybridized carbons (Fsp3) is 0.733. The number of fused-ring (bicyclic) bond motifs is 2. The summed E-state index contributed by atoms with van der Waals surface area (Å²) in [6, 6.07) is -0.0869.